The van der Waals surface area contributed by atoms with Gasteiger partial charge in [-0.2, -0.15) is 0 Å². The Balaban J connectivity index is 2.05. The number of hydrogen-bond acceptors (Lipinski definition) is 3. The third kappa shape index (κ3) is 2.79. The number of carbonyl (C=O) groups is 1. The first-order chi connectivity index (χ1) is 10.3. The van der Waals surface area contributed by atoms with E-state index in [9.17, 15) is 4.79 Å². The summed E-state index contributed by atoms with van der Waals surface area (Å²) >= 11 is 0. The van der Waals surface area contributed by atoms with Gasteiger partial charge in [0.1, 0.15) is 5.82 Å². The summed E-state index contributed by atoms with van der Waals surface area (Å²) in [5.41, 5.74) is 2.33. The molecule has 1 aromatic carbocycles. The number of aryl methyl sites for hydroxylation is 1. The highest BCUT2D eigenvalue weighted by molar-refractivity contribution is 5.99. The second-order valence-corrected chi connectivity index (χ2v) is 5.27. The smallest absolute Gasteiger partial charge is 0.257 e. The highest BCUT2D eigenvalue weighted by Gasteiger charge is 2.23. The lowest BCUT2D eigenvalue weighted by Gasteiger charge is -2.17. The van der Waals surface area contributed by atoms with Crippen LogP contribution in [0.4, 0.5) is 0 Å². The normalized spacial score (nSPS) is 14.4. The molecule has 4 nitrogen and oxygen atoms in total. The first-order valence-corrected chi connectivity index (χ1v) is 7.50. The SMILES string of the molecule is CCc1ncc(C(=O)N2CCCC2)c(-c2ccccc2)n1. The van der Waals surface area contributed by atoms with Gasteiger partial charge >= 0.3 is 0 Å². The summed E-state index contributed by atoms with van der Waals surface area (Å²) in [6, 6.07) is 9.87. The van der Waals surface area contributed by atoms with Crippen LogP contribution in [0.15, 0.2) is 36.5 Å². The Bertz CT molecular complexity index is 634. The van der Waals surface area contributed by atoms with Crippen molar-refractivity contribution in [2.45, 2.75) is 26.2 Å². The van der Waals surface area contributed by atoms with Crippen molar-refractivity contribution < 1.29 is 4.79 Å². The molecule has 0 spiro atoms. The highest BCUT2D eigenvalue weighted by Crippen LogP contribution is 2.23. The molecule has 108 valence electrons. The number of benzene rings is 1. The van der Waals surface area contributed by atoms with Gasteiger partial charge in [-0.3, -0.25) is 4.79 Å². The van der Waals surface area contributed by atoms with Crippen molar-refractivity contribution in [2.24, 2.45) is 0 Å². The monoisotopic (exact) mass is 281 g/mol. The fraction of sp³-hybridized carbons (Fsp3) is 0.353. The zero-order valence-corrected chi connectivity index (χ0v) is 12.2. The Morgan fingerprint density at radius 2 is 1.90 bits per heavy atom. The maximum atomic E-state index is 12.7. The molecule has 0 N–H and O–H groups in total. The standard InChI is InChI=1S/C17H19N3O/c1-2-15-18-12-14(17(21)20-10-6-7-11-20)16(19-15)13-8-4-3-5-9-13/h3-5,8-9,12H,2,6-7,10-11H2,1H3. The zero-order valence-electron chi connectivity index (χ0n) is 12.2. The Morgan fingerprint density at radius 3 is 2.57 bits per heavy atom. The third-order valence-corrected chi connectivity index (χ3v) is 3.83. The van der Waals surface area contributed by atoms with Crippen molar-refractivity contribution in [1.29, 1.82) is 0 Å². The number of amides is 1. The maximum Gasteiger partial charge on any atom is 0.257 e. The average molecular weight is 281 g/mol. The summed E-state index contributed by atoms with van der Waals surface area (Å²) < 4.78 is 0. The molecule has 1 fully saturated rings. The summed E-state index contributed by atoms with van der Waals surface area (Å²) in [7, 11) is 0. The number of aromatic nitrogens is 2. The molecule has 1 saturated heterocycles. The fourth-order valence-electron chi connectivity index (χ4n) is 2.65. The number of rotatable bonds is 3. The van der Waals surface area contributed by atoms with Gasteiger partial charge in [0.15, 0.2) is 0 Å². The molecule has 0 atom stereocenters. The largest absolute Gasteiger partial charge is 0.339 e. The van der Waals surface area contributed by atoms with E-state index in [0.717, 1.165) is 49.4 Å². The summed E-state index contributed by atoms with van der Waals surface area (Å²) in [5, 5.41) is 0. The molecule has 1 aliphatic heterocycles. The summed E-state index contributed by atoms with van der Waals surface area (Å²) in [6.07, 6.45) is 4.62. The predicted octanol–water partition coefficient (Wildman–Crippen LogP) is 2.94. The molecule has 1 amide bonds. The quantitative estimate of drug-likeness (QED) is 0.869. The van der Waals surface area contributed by atoms with Crippen molar-refractivity contribution in [3.05, 3.63) is 47.9 Å². The van der Waals surface area contributed by atoms with Crippen molar-refractivity contribution in [2.75, 3.05) is 13.1 Å². The first-order valence-electron chi connectivity index (χ1n) is 7.50. The predicted molar refractivity (Wildman–Crippen MR) is 82.0 cm³/mol. The van der Waals surface area contributed by atoms with Gasteiger partial charge in [0.2, 0.25) is 0 Å². The van der Waals surface area contributed by atoms with Crippen LogP contribution in [0.25, 0.3) is 11.3 Å². The van der Waals surface area contributed by atoms with Gasteiger partial charge in [0, 0.05) is 31.3 Å². The average Bonchev–Trinajstić information content (AvgIpc) is 3.09. The van der Waals surface area contributed by atoms with E-state index in [1.807, 2.05) is 42.2 Å². The number of hydrogen-bond donors (Lipinski definition) is 0. The summed E-state index contributed by atoms with van der Waals surface area (Å²) in [6.45, 7) is 3.69. The Kier molecular flexibility index (Phi) is 3.95. The second kappa shape index (κ2) is 6.04. The Labute approximate surface area is 124 Å². The van der Waals surface area contributed by atoms with Crippen LogP contribution in [0.5, 0.6) is 0 Å². The van der Waals surface area contributed by atoms with Crippen LogP contribution in [-0.4, -0.2) is 33.9 Å². The molecule has 1 aliphatic rings. The molecule has 0 aliphatic carbocycles. The van der Waals surface area contributed by atoms with E-state index in [1.54, 1.807) is 6.20 Å². The lowest BCUT2D eigenvalue weighted by Crippen LogP contribution is -2.28. The van der Waals surface area contributed by atoms with Crippen molar-refractivity contribution >= 4 is 5.91 Å². The van der Waals surface area contributed by atoms with Crippen molar-refractivity contribution in [1.82, 2.24) is 14.9 Å². The summed E-state index contributed by atoms with van der Waals surface area (Å²) in [4.78, 5) is 23.5. The third-order valence-electron chi connectivity index (χ3n) is 3.83. The molecule has 4 heteroatoms. The van der Waals surface area contributed by atoms with Gasteiger partial charge < -0.3 is 4.90 Å². The number of likely N-dealkylation sites (tertiary alicyclic amines) is 1. The Hall–Kier alpha value is -2.23. The molecule has 0 unspecified atom stereocenters. The topological polar surface area (TPSA) is 46.1 Å². The highest BCUT2D eigenvalue weighted by atomic mass is 16.2. The molecule has 0 bridgehead atoms. The van der Waals surface area contributed by atoms with Crippen LogP contribution in [0.1, 0.15) is 35.9 Å². The molecular weight excluding hydrogens is 262 g/mol. The summed E-state index contributed by atoms with van der Waals surface area (Å²) in [5.74, 6) is 0.820. The van der Waals surface area contributed by atoms with Crippen molar-refractivity contribution in [3.63, 3.8) is 0 Å². The lowest BCUT2D eigenvalue weighted by atomic mass is 10.1. The molecule has 2 aromatic rings. The lowest BCUT2D eigenvalue weighted by molar-refractivity contribution is 0.0792. The second-order valence-electron chi connectivity index (χ2n) is 5.27. The minimum absolute atomic E-state index is 0.0500. The van der Waals surface area contributed by atoms with Gasteiger partial charge in [0.25, 0.3) is 5.91 Å². The molecule has 1 aromatic heterocycles. The van der Waals surface area contributed by atoms with Crippen LogP contribution >= 0.6 is 0 Å². The van der Waals surface area contributed by atoms with E-state index < -0.39 is 0 Å². The molecule has 0 radical (unpaired) electrons. The fourth-order valence-corrected chi connectivity index (χ4v) is 2.65. The molecular formula is C17H19N3O. The number of nitrogens with zero attached hydrogens (tertiary/aromatic N) is 3. The van der Waals surface area contributed by atoms with E-state index in [4.69, 9.17) is 0 Å². The van der Waals surface area contributed by atoms with Crippen LogP contribution in [0, 0.1) is 0 Å². The molecule has 21 heavy (non-hydrogen) atoms. The van der Waals surface area contributed by atoms with Crippen LogP contribution < -0.4 is 0 Å². The van der Waals surface area contributed by atoms with E-state index >= 15 is 0 Å². The van der Waals surface area contributed by atoms with Crippen molar-refractivity contribution in [3.8, 4) is 11.3 Å². The van der Waals surface area contributed by atoms with Crippen LogP contribution in [0.3, 0.4) is 0 Å². The first kappa shape index (κ1) is 13.7. The van der Waals surface area contributed by atoms with Gasteiger partial charge in [-0.1, -0.05) is 37.3 Å². The molecule has 3 rings (SSSR count). The maximum absolute atomic E-state index is 12.7. The van der Waals surface area contributed by atoms with E-state index in [0.29, 0.717) is 5.56 Å². The molecule has 2 heterocycles. The molecule has 0 saturated carbocycles. The van der Waals surface area contributed by atoms with Crippen LogP contribution in [0.2, 0.25) is 0 Å². The van der Waals surface area contributed by atoms with E-state index in [2.05, 4.69) is 9.97 Å². The van der Waals surface area contributed by atoms with Gasteiger partial charge in [-0.15, -0.1) is 0 Å². The van der Waals surface area contributed by atoms with Crippen LogP contribution in [-0.2, 0) is 6.42 Å². The van der Waals surface area contributed by atoms with Gasteiger partial charge in [-0.25, -0.2) is 9.97 Å². The van der Waals surface area contributed by atoms with Gasteiger partial charge in [-0.05, 0) is 12.8 Å². The Morgan fingerprint density at radius 1 is 1.19 bits per heavy atom. The minimum atomic E-state index is 0.0500. The van der Waals surface area contributed by atoms with E-state index in [1.165, 1.54) is 0 Å². The van der Waals surface area contributed by atoms with Gasteiger partial charge in [0.05, 0.1) is 11.3 Å². The van der Waals surface area contributed by atoms with E-state index in [-0.39, 0.29) is 5.91 Å². The zero-order chi connectivity index (χ0) is 14.7. The minimum Gasteiger partial charge on any atom is -0.339 e. The number of carbonyl (C=O) groups excluding carboxylic acids is 1.